The van der Waals surface area contributed by atoms with Crippen LogP contribution in [0.2, 0.25) is 0 Å². The van der Waals surface area contributed by atoms with E-state index in [1.807, 2.05) is 24.3 Å². The largest absolute Gasteiger partial charge is 0.416 e. The quantitative estimate of drug-likeness (QED) is 0.266. The molecule has 0 aliphatic rings. The van der Waals surface area contributed by atoms with Crippen LogP contribution in [0.1, 0.15) is 76.0 Å². The maximum atomic E-state index is 13.3. The summed E-state index contributed by atoms with van der Waals surface area (Å²) in [7, 11) is 0. The van der Waals surface area contributed by atoms with Gasteiger partial charge in [0.15, 0.2) is 0 Å². The number of alkyl halides is 3. The normalized spacial score (nSPS) is 11.6. The number of anilines is 1. The Morgan fingerprint density at radius 1 is 0.750 bits per heavy atom. The van der Waals surface area contributed by atoms with Crippen molar-refractivity contribution in [2.24, 2.45) is 0 Å². The van der Waals surface area contributed by atoms with E-state index in [2.05, 4.69) is 31.0 Å². The number of carbonyl (C=O) groups excluding carboxylic acids is 1. The molecule has 1 N–H and O–H groups in total. The van der Waals surface area contributed by atoms with E-state index in [1.54, 1.807) is 4.90 Å². The van der Waals surface area contributed by atoms with Crippen LogP contribution in [0.15, 0.2) is 48.5 Å². The van der Waals surface area contributed by atoms with Gasteiger partial charge in [-0.1, -0.05) is 64.3 Å². The van der Waals surface area contributed by atoms with Crippen molar-refractivity contribution >= 4 is 11.7 Å². The Balaban J connectivity index is 2.13. The van der Waals surface area contributed by atoms with Crippen LogP contribution in [-0.2, 0) is 19.1 Å². The predicted octanol–water partition coefficient (Wildman–Crippen LogP) is 7.98. The molecule has 200 valence electrons. The van der Waals surface area contributed by atoms with Crippen molar-refractivity contribution in [3.8, 4) is 0 Å². The number of halogens is 3. The van der Waals surface area contributed by atoms with Gasteiger partial charge in [-0.05, 0) is 74.2 Å². The van der Waals surface area contributed by atoms with Gasteiger partial charge in [-0.15, -0.1) is 0 Å². The minimum absolute atomic E-state index is 0.244. The molecule has 4 nitrogen and oxygen atoms in total. The molecule has 0 aliphatic carbocycles. The van der Waals surface area contributed by atoms with Gasteiger partial charge in [-0.3, -0.25) is 0 Å². The number of amides is 2. The molecule has 0 saturated heterocycles. The van der Waals surface area contributed by atoms with Crippen LogP contribution >= 0.6 is 0 Å². The van der Waals surface area contributed by atoms with Crippen molar-refractivity contribution in [1.82, 2.24) is 9.80 Å². The first-order chi connectivity index (χ1) is 17.3. The van der Waals surface area contributed by atoms with E-state index in [0.717, 1.165) is 76.7 Å². The van der Waals surface area contributed by atoms with Gasteiger partial charge in [-0.2, -0.15) is 13.2 Å². The highest BCUT2D eigenvalue weighted by Gasteiger charge is 2.30. The minimum atomic E-state index is -4.38. The van der Waals surface area contributed by atoms with Crippen LogP contribution in [0.4, 0.5) is 23.7 Å². The van der Waals surface area contributed by atoms with Crippen LogP contribution in [0.25, 0.3) is 0 Å². The topological polar surface area (TPSA) is 35.6 Å². The molecular formula is C29H42F3N3O. The highest BCUT2D eigenvalue weighted by Crippen LogP contribution is 2.29. The number of hydrogen-bond donors (Lipinski definition) is 1. The minimum Gasteiger partial charge on any atom is -0.319 e. The van der Waals surface area contributed by atoms with E-state index in [1.165, 1.54) is 17.7 Å². The summed E-state index contributed by atoms with van der Waals surface area (Å²) in [6.07, 6.45) is 3.29. The van der Waals surface area contributed by atoms with Crippen molar-refractivity contribution in [2.75, 3.05) is 31.5 Å². The molecule has 7 heteroatoms. The summed E-state index contributed by atoms with van der Waals surface area (Å²) in [6, 6.07) is 12.7. The van der Waals surface area contributed by atoms with E-state index in [4.69, 9.17) is 0 Å². The summed E-state index contributed by atoms with van der Waals surface area (Å²) in [6.45, 7) is 9.90. The van der Waals surface area contributed by atoms with Gasteiger partial charge in [0.1, 0.15) is 0 Å². The molecule has 0 spiro atoms. The Morgan fingerprint density at radius 2 is 1.31 bits per heavy atom. The van der Waals surface area contributed by atoms with Crippen LogP contribution in [-0.4, -0.2) is 42.0 Å². The van der Waals surface area contributed by atoms with Gasteiger partial charge < -0.3 is 15.1 Å². The molecular weight excluding hydrogens is 463 g/mol. The van der Waals surface area contributed by atoms with Crippen molar-refractivity contribution in [2.45, 2.75) is 78.4 Å². The second-order valence-electron chi connectivity index (χ2n) is 9.40. The molecule has 2 rings (SSSR count). The lowest BCUT2D eigenvalue weighted by atomic mass is 10.1. The third kappa shape index (κ3) is 10.6. The summed E-state index contributed by atoms with van der Waals surface area (Å²) >= 11 is 0. The summed E-state index contributed by atoms with van der Waals surface area (Å²) in [5.41, 5.74) is 1.93. The van der Waals surface area contributed by atoms with Crippen LogP contribution in [0, 0.1) is 0 Å². The van der Waals surface area contributed by atoms with Gasteiger partial charge >= 0.3 is 12.2 Å². The SMILES string of the molecule is CCCCc1ccc(NC(=O)N(CCN(CCCC)CCCC)Cc2ccc(C(F)(F)F)cc2)cc1. The maximum Gasteiger partial charge on any atom is 0.416 e. The number of hydrogen-bond acceptors (Lipinski definition) is 2. The summed E-state index contributed by atoms with van der Waals surface area (Å²) in [5, 5.41) is 2.98. The van der Waals surface area contributed by atoms with E-state index < -0.39 is 11.7 Å². The van der Waals surface area contributed by atoms with Crippen molar-refractivity contribution < 1.29 is 18.0 Å². The molecule has 0 fully saturated rings. The highest BCUT2D eigenvalue weighted by atomic mass is 19.4. The first-order valence-corrected chi connectivity index (χ1v) is 13.3. The van der Waals surface area contributed by atoms with Gasteiger partial charge in [0.25, 0.3) is 0 Å². The Kier molecular flexibility index (Phi) is 12.8. The van der Waals surface area contributed by atoms with Gasteiger partial charge in [0.05, 0.1) is 5.56 Å². The molecule has 0 aliphatic heterocycles. The number of carbonyl (C=O) groups is 1. The monoisotopic (exact) mass is 505 g/mol. The third-order valence-corrected chi connectivity index (χ3v) is 6.31. The molecule has 0 radical (unpaired) electrons. The van der Waals surface area contributed by atoms with E-state index >= 15 is 0 Å². The Bertz CT molecular complexity index is 874. The molecule has 0 unspecified atom stereocenters. The van der Waals surface area contributed by atoms with Gasteiger partial charge in [0.2, 0.25) is 0 Å². The second-order valence-corrected chi connectivity index (χ2v) is 9.40. The summed E-state index contributed by atoms with van der Waals surface area (Å²) in [5.74, 6) is 0. The van der Waals surface area contributed by atoms with E-state index in [-0.39, 0.29) is 12.6 Å². The predicted molar refractivity (Wildman–Crippen MR) is 142 cm³/mol. The average molecular weight is 506 g/mol. The number of benzene rings is 2. The van der Waals surface area contributed by atoms with Crippen LogP contribution in [0.3, 0.4) is 0 Å². The standard InChI is InChI=1S/C29H42F3N3O/c1-4-7-10-24-13-17-27(18-14-24)33-28(36)35(22-21-34(19-8-5-2)20-9-6-3)23-25-11-15-26(16-12-25)29(30,31)32/h11-18H,4-10,19-23H2,1-3H3,(H,33,36). The zero-order chi connectivity index (χ0) is 26.4. The molecule has 36 heavy (non-hydrogen) atoms. The summed E-state index contributed by atoms with van der Waals surface area (Å²) in [4.78, 5) is 17.3. The molecule has 2 amide bonds. The van der Waals surface area contributed by atoms with Crippen molar-refractivity contribution in [3.05, 3.63) is 65.2 Å². The number of rotatable bonds is 15. The fourth-order valence-electron chi connectivity index (χ4n) is 3.97. The molecule has 0 saturated carbocycles. The smallest absolute Gasteiger partial charge is 0.319 e. The Hall–Kier alpha value is -2.54. The third-order valence-electron chi connectivity index (χ3n) is 6.31. The van der Waals surface area contributed by atoms with Crippen LogP contribution in [0.5, 0.6) is 0 Å². The number of unbranched alkanes of at least 4 members (excludes halogenated alkanes) is 3. The maximum absolute atomic E-state index is 13.3. The highest BCUT2D eigenvalue weighted by molar-refractivity contribution is 5.89. The number of aryl methyl sites for hydroxylation is 1. The second kappa shape index (κ2) is 15.5. The molecule has 0 aromatic heterocycles. The van der Waals surface area contributed by atoms with Crippen LogP contribution < -0.4 is 5.32 Å². The molecule has 2 aromatic rings. The first kappa shape index (κ1) is 29.7. The number of nitrogens with zero attached hydrogens (tertiary/aromatic N) is 2. The lowest BCUT2D eigenvalue weighted by molar-refractivity contribution is -0.137. The lowest BCUT2D eigenvalue weighted by Crippen LogP contribution is -2.41. The Morgan fingerprint density at radius 3 is 1.83 bits per heavy atom. The fourth-order valence-corrected chi connectivity index (χ4v) is 3.97. The number of nitrogens with one attached hydrogen (secondary N) is 1. The number of urea groups is 1. The average Bonchev–Trinajstić information content (AvgIpc) is 2.86. The van der Waals surface area contributed by atoms with E-state index in [9.17, 15) is 18.0 Å². The molecule has 0 bridgehead atoms. The van der Waals surface area contributed by atoms with Crippen molar-refractivity contribution in [3.63, 3.8) is 0 Å². The Labute approximate surface area is 214 Å². The lowest BCUT2D eigenvalue weighted by Gasteiger charge is -2.28. The zero-order valence-corrected chi connectivity index (χ0v) is 22.0. The van der Waals surface area contributed by atoms with Gasteiger partial charge in [-0.25, -0.2) is 4.79 Å². The van der Waals surface area contributed by atoms with E-state index in [0.29, 0.717) is 17.8 Å². The van der Waals surface area contributed by atoms with Crippen molar-refractivity contribution in [1.29, 1.82) is 0 Å². The summed E-state index contributed by atoms with van der Waals surface area (Å²) < 4.78 is 38.9. The van der Waals surface area contributed by atoms with Gasteiger partial charge in [0, 0.05) is 25.3 Å². The molecule has 0 atom stereocenters. The zero-order valence-electron chi connectivity index (χ0n) is 22.0. The fraction of sp³-hybridized carbons (Fsp3) is 0.552. The molecule has 2 aromatic carbocycles. The first-order valence-electron chi connectivity index (χ1n) is 13.3. The molecule has 0 heterocycles.